The summed E-state index contributed by atoms with van der Waals surface area (Å²) in [6.07, 6.45) is 1.87. The van der Waals surface area contributed by atoms with Crippen LogP contribution < -0.4 is 5.43 Å². The standard InChI is InChI=1S/C17H16OS/c1-3-11-9-10-12(4-2)17-15(11)16(18)13-7-5-6-8-14(13)19-17/h5-10H,3-4H2,1-2H3. The maximum Gasteiger partial charge on any atom is 0.196 e. The van der Waals surface area contributed by atoms with E-state index in [1.165, 1.54) is 15.8 Å². The van der Waals surface area contributed by atoms with Crippen molar-refractivity contribution in [1.29, 1.82) is 0 Å². The fourth-order valence-electron chi connectivity index (χ4n) is 2.59. The molecule has 2 heteroatoms. The Morgan fingerprint density at radius 1 is 0.947 bits per heavy atom. The zero-order chi connectivity index (χ0) is 13.4. The van der Waals surface area contributed by atoms with E-state index in [0.29, 0.717) is 0 Å². The number of aryl methyl sites for hydroxylation is 2. The Labute approximate surface area is 116 Å². The van der Waals surface area contributed by atoms with E-state index in [-0.39, 0.29) is 5.43 Å². The van der Waals surface area contributed by atoms with Gasteiger partial charge in [0.25, 0.3) is 0 Å². The highest BCUT2D eigenvalue weighted by atomic mass is 32.1. The van der Waals surface area contributed by atoms with Gasteiger partial charge in [-0.15, -0.1) is 11.3 Å². The van der Waals surface area contributed by atoms with Crippen LogP contribution in [0.1, 0.15) is 25.0 Å². The molecule has 1 nitrogen and oxygen atoms in total. The molecule has 96 valence electrons. The van der Waals surface area contributed by atoms with Gasteiger partial charge in [-0.05, 0) is 36.1 Å². The second kappa shape index (κ2) is 4.78. The largest absolute Gasteiger partial charge is 0.288 e. The van der Waals surface area contributed by atoms with E-state index in [1.807, 2.05) is 24.3 Å². The Bertz CT molecular complexity index is 814. The van der Waals surface area contributed by atoms with E-state index in [4.69, 9.17) is 0 Å². The Balaban J connectivity index is 2.60. The highest BCUT2D eigenvalue weighted by Crippen LogP contribution is 2.30. The van der Waals surface area contributed by atoms with Crippen LogP contribution >= 0.6 is 11.3 Å². The molecule has 0 spiro atoms. The third-order valence-electron chi connectivity index (χ3n) is 3.66. The zero-order valence-electron chi connectivity index (χ0n) is 11.2. The lowest BCUT2D eigenvalue weighted by Crippen LogP contribution is -2.05. The molecule has 0 fully saturated rings. The minimum Gasteiger partial charge on any atom is -0.288 e. The summed E-state index contributed by atoms with van der Waals surface area (Å²) in [7, 11) is 0. The second-order valence-electron chi connectivity index (χ2n) is 4.72. The Hall–Kier alpha value is -1.67. The predicted octanol–water partition coefficient (Wildman–Crippen LogP) is 4.54. The summed E-state index contributed by atoms with van der Waals surface area (Å²) in [5, 5.41) is 1.79. The molecule has 0 aliphatic carbocycles. The van der Waals surface area contributed by atoms with E-state index in [9.17, 15) is 4.79 Å². The van der Waals surface area contributed by atoms with E-state index in [2.05, 4.69) is 26.0 Å². The van der Waals surface area contributed by atoms with Gasteiger partial charge in [-0.25, -0.2) is 0 Å². The molecule has 1 heterocycles. The molecule has 0 amide bonds. The molecule has 0 atom stereocenters. The molecule has 0 aliphatic rings. The van der Waals surface area contributed by atoms with Crippen LogP contribution in [0, 0.1) is 0 Å². The van der Waals surface area contributed by atoms with Gasteiger partial charge in [-0.1, -0.05) is 38.1 Å². The van der Waals surface area contributed by atoms with Crippen molar-refractivity contribution >= 4 is 31.5 Å². The van der Waals surface area contributed by atoms with E-state index >= 15 is 0 Å². The smallest absolute Gasteiger partial charge is 0.196 e. The first kappa shape index (κ1) is 12.4. The molecule has 0 unspecified atom stereocenters. The van der Waals surface area contributed by atoms with Gasteiger partial charge in [0.2, 0.25) is 0 Å². The minimum atomic E-state index is 0.191. The van der Waals surface area contributed by atoms with Crippen molar-refractivity contribution in [2.24, 2.45) is 0 Å². The molecule has 0 bridgehead atoms. The molecule has 2 aromatic carbocycles. The van der Waals surface area contributed by atoms with Gasteiger partial charge in [0.1, 0.15) is 0 Å². The lowest BCUT2D eigenvalue weighted by molar-refractivity contribution is 1.13. The first-order valence-electron chi connectivity index (χ1n) is 6.72. The summed E-state index contributed by atoms with van der Waals surface area (Å²) in [5.41, 5.74) is 2.63. The summed E-state index contributed by atoms with van der Waals surface area (Å²) in [5.74, 6) is 0. The maximum absolute atomic E-state index is 12.7. The second-order valence-corrected chi connectivity index (χ2v) is 5.77. The molecule has 3 rings (SSSR count). The molecule has 0 radical (unpaired) electrons. The van der Waals surface area contributed by atoms with Crippen LogP contribution in [-0.4, -0.2) is 0 Å². The highest BCUT2D eigenvalue weighted by Gasteiger charge is 2.11. The number of benzene rings is 2. The molecular weight excluding hydrogens is 252 g/mol. The number of hydrogen-bond donors (Lipinski definition) is 0. The maximum atomic E-state index is 12.7. The van der Waals surface area contributed by atoms with Crippen molar-refractivity contribution in [1.82, 2.24) is 0 Å². The third-order valence-corrected chi connectivity index (χ3v) is 4.90. The van der Waals surface area contributed by atoms with E-state index in [1.54, 1.807) is 11.3 Å². The fraction of sp³-hybridized carbons (Fsp3) is 0.235. The van der Waals surface area contributed by atoms with E-state index in [0.717, 1.165) is 28.3 Å². The molecule has 0 saturated carbocycles. The van der Waals surface area contributed by atoms with Gasteiger partial charge < -0.3 is 0 Å². The minimum absolute atomic E-state index is 0.191. The van der Waals surface area contributed by atoms with Gasteiger partial charge >= 0.3 is 0 Å². The van der Waals surface area contributed by atoms with Crippen molar-refractivity contribution in [3.05, 3.63) is 57.7 Å². The highest BCUT2D eigenvalue weighted by molar-refractivity contribution is 7.24. The predicted molar refractivity (Wildman–Crippen MR) is 84.4 cm³/mol. The summed E-state index contributed by atoms with van der Waals surface area (Å²) in [6.45, 7) is 4.26. The average Bonchev–Trinajstić information content (AvgIpc) is 2.46. The van der Waals surface area contributed by atoms with Crippen molar-refractivity contribution in [2.75, 3.05) is 0 Å². The van der Waals surface area contributed by atoms with Crippen LogP contribution in [0.4, 0.5) is 0 Å². The molecule has 19 heavy (non-hydrogen) atoms. The fourth-order valence-corrected chi connectivity index (χ4v) is 3.90. The Morgan fingerprint density at radius 3 is 2.37 bits per heavy atom. The Kier molecular flexibility index (Phi) is 3.11. The van der Waals surface area contributed by atoms with Gasteiger partial charge in [-0.3, -0.25) is 4.79 Å². The monoisotopic (exact) mass is 268 g/mol. The van der Waals surface area contributed by atoms with Crippen LogP contribution in [0.15, 0.2) is 41.2 Å². The molecule has 0 saturated heterocycles. The van der Waals surface area contributed by atoms with Crippen LogP contribution in [0.5, 0.6) is 0 Å². The summed E-state index contributed by atoms with van der Waals surface area (Å²) in [6, 6.07) is 12.2. The molecule has 3 aromatic rings. The lowest BCUT2D eigenvalue weighted by atomic mass is 10.0. The van der Waals surface area contributed by atoms with Crippen molar-refractivity contribution in [3.63, 3.8) is 0 Å². The van der Waals surface area contributed by atoms with Crippen molar-refractivity contribution in [2.45, 2.75) is 26.7 Å². The number of rotatable bonds is 2. The molecule has 1 aromatic heterocycles. The SMILES string of the molecule is CCc1ccc(CC)c2c(=O)c3ccccc3sc12. The zero-order valence-corrected chi connectivity index (χ0v) is 12.0. The summed E-state index contributed by atoms with van der Waals surface area (Å²) in [4.78, 5) is 12.7. The summed E-state index contributed by atoms with van der Waals surface area (Å²) < 4.78 is 2.26. The van der Waals surface area contributed by atoms with Gasteiger partial charge in [0.15, 0.2) is 5.43 Å². The average molecular weight is 268 g/mol. The van der Waals surface area contributed by atoms with Gasteiger partial charge in [0.05, 0.1) is 0 Å². The van der Waals surface area contributed by atoms with Crippen LogP contribution in [0.2, 0.25) is 0 Å². The van der Waals surface area contributed by atoms with Gasteiger partial charge in [0, 0.05) is 20.2 Å². The molecule has 0 aliphatic heterocycles. The normalized spacial score (nSPS) is 11.3. The lowest BCUT2D eigenvalue weighted by Gasteiger charge is -2.09. The quantitative estimate of drug-likeness (QED) is 0.624. The van der Waals surface area contributed by atoms with E-state index < -0.39 is 0 Å². The molecular formula is C17H16OS. The van der Waals surface area contributed by atoms with Crippen LogP contribution in [0.3, 0.4) is 0 Å². The van der Waals surface area contributed by atoms with Crippen LogP contribution in [-0.2, 0) is 12.8 Å². The molecule has 0 N–H and O–H groups in total. The first-order chi connectivity index (χ1) is 9.26. The van der Waals surface area contributed by atoms with Crippen molar-refractivity contribution < 1.29 is 0 Å². The first-order valence-corrected chi connectivity index (χ1v) is 7.54. The summed E-state index contributed by atoms with van der Waals surface area (Å²) >= 11 is 1.75. The van der Waals surface area contributed by atoms with Gasteiger partial charge in [-0.2, -0.15) is 0 Å². The Morgan fingerprint density at radius 2 is 1.63 bits per heavy atom. The topological polar surface area (TPSA) is 17.1 Å². The number of hydrogen-bond acceptors (Lipinski definition) is 2. The third kappa shape index (κ3) is 1.87. The van der Waals surface area contributed by atoms with Crippen LogP contribution in [0.25, 0.3) is 20.2 Å². The van der Waals surface area contributed by atoms with Crippen molar-refractivity contribution in [3.8, 4) is 0 Å². The number of fused-ring (bicyclic) bond motifs is 2.